The fourth-order valence-electron chi connectivity index (χ4n) is 2.54. The molecule has 3 aromatic rings. The summed E-state index contributed by atoms with van der Waals surface area (Å²) < 4.78 is 1.70. The number of para-hydroxylation sites is 1. The summed E-state index contributed by atoms with van der Waals surface area (Å²) in [4.78, 5) is 23.8. The standard InChI is InChI=1S/C19H19N3O2/c1-14-6-8-15(9-7-14)12-20-19(24)10-11-22-17-5-3-2-4-16(17)18(23)13-21-22/h2-9,13H,10-12H2,1H3,(H,20,24). The molecule has 0 spiro atoms. The summed E-state index contributed by atoms with van der Waals surface area (Å²) in [5.74, 6) is -0.0415. The lowest BCUT2D eigenvalue weighted by Crippen LogP contribution is -2.24. The van der Waals surface area contributed by atoms with Gasteiger partial charge in [-0.2, -0.15) is 5.10 Å². The van der Waals surface area contributed by atoms with Gasteiger partial charge < -0.3 is 5.32 Å². The molecule has 5 heteroatoms. The Morgan fingerprint density at radius 1 is 1.12 bits per heavy atom. The molecule has 0 aliphatic rings. The van der Waals surface area contributed by atoms with Gasteiger partial charge in [0.2, 0.25) is 11.3 Å². The molecule has 3 rings (SSSR count). The average Bonchev–Trinajstić information content (AvgIpc) is 2.61. The second-order valence-corrected chi connectivity index (χ2v) is 5.76. The van der Waals surface area contributed by atoms with Crippen molar-refractivity contribution in [3.8, 4) is 0 Å². The van der Waals surface area contributed by atoms with Crippen molar-refractivity contribution in [3.63, 3.8) is 0 Å². The molecule has 0 radical (unpaired) electrons. The minimum atomic E-state index is -0.106. The van der Waals surface area contributed by atoms with Crippen molar-refractivity contribution >= 4 is 16.8 Å². The van der Waals surface area contributed by atoms with Crippen LogP contribution in [0.25, 0.3) is 10.9 Å². The molecule has 2 aromatic carbocycles. The molecule has 1 amide bonds. The van der Waals surface area contributed by atoms with Crippen molar-refractivity contribution in [1.29, 1.82) is 0 Å². The number of aryl methyl sites for hydroxylation is 2. The molecule has 0 aliphatic heterocycles. The Balaban J connectivity index is 1.61. The number of fused-ring (bicyclic) bond motifs is 1. The van der Waals surface area contributed by atoms with Crippen LogP contribution < -0.4 is 10.7 Å². The van der Waals surface area contributed by atoms with Gasteiger partial charge in [-0.05, 0) is 24.6 Å². The summed E-state index contributed by atoms with van der Waals surface area (Å²) in [6.07, 6.45) is 1.61. The van der Waals surface area contributed by atoms with E-state index in [-0.39, 0.29) is 11.3 Å². The van der Waals surface area contributed by atoms with Crippen LogP contribution in [0.2, 0.25) is 0 Å². The second-order valence-electron chi connectivity index (χ2n) is 5.76. The zero-order valence-electron chi connectivity index (χ0n) is 13.5. The zero-order valence-corrected chi connectivity index (χ0v) is 13.5. The van der Waals surface area contributed by atoms with Crippen molar-refractivity contribution in [3.05, 3.63) is 76.1 Å². The van der Waals surface area contributed by atoms with Crippen LogP contribution in [0.3, 0.4) is 0 Å². The van der Waals surface area contributed by atoms with Gasteiger partial charge in [-0.15, -0.1) is 0 Å². The van der Waals surface area contributed by atoms with Gasteiger partial charge in [0.05, 0.1) is 18.3 Å². The Morgan fingerprint density at radius 3 is 2.67 bits per heavy atom. The van der Waals surface area contributed by atoms with Crippen molar-refractivity contribution in [2.75, 3.05) is 0 Å². The Bertz CT molecular complexity index is 914. The molecular weight excluding hydrogens is 302 g/mol. The fourth-order valence-corrected chi connectivity index (χ4v) is 2.54. The SMILES string of the molecule is Cc1ccc(CNC(=O)CCn2ncc(=O)c3ccccc32)cc1. The number of rotatable bonds is 5. The van der Waals surface area contributed by atoms with Crippen LogP contribution >= 0.6 is 0 Å². The topological polar surface area (TPSA) is 64.0 Å². The average molecular weight is 321 g/mol. The first-order chi connectivity index (χ1) is 11.6. The van der Waals surface area contributed by atoms with Crippen molar-refractivity contribution in [2.45, 2.75) is 26.4 Å². The Kier molecular flexibility index (Phi) is 4.70. The van der Waals surface area contributed by atoms with Crippen molar-refractivity contribution in [2.24, 2.45) is 0 Å². The van der Waals surface area contributed by atoms with E-state index in [0.717, 1.165) is 11.1 Å². The maximum absolute atomic E-state index is 12.0. The summed E-state index contributed by atoms with van der Waals surface area (Å²) in [5.41, 5.74) is 2.91. The summed E-state index contributed by atoms with van der Waals surface area (Å²) in [7, 11) is 0. The van der Waals surface area contributed by atoms with Gasteiger partial charge in [0.15, 0.2) is 0 Å². The number of nitrogens with one attached hydrogen (secondary N) is 1. The number of amides is 1. The highest BCUT2D eigenvalue weighted by Crippen LogP contribution is 2.08. The molecule has 0 fully saturated rings. The number of hydrogen-bond acceptors (Lipinski definition) is 3. The Labute approximate surface area is 139 Å². The van der Waals surface area contributed by atoms with E-state index in [2.05, 4.69) is 10.4 Å². The minimum Gasteiger partial charge on any atom is -0.352 e. The molecule has 1 N–H and O–H groups in total. The van der Waals surface area contributed by atoms with E-state index in [1.165, 1.54) is 11.8 Å². The van der Waals surface area contributed by atoms with Gasteiger partial charge in [-0.3, -0.25) is 14.3 Å². The third-order valence-corrected chi connectivity index (χ3v) is 3.92. The third-order valence-electron chi connectivity index (χ3n) is 3.92. The smallest absolute Gasteiger partial charge is 0.222 e. The van der Waals surface area contributed by atoms with E-state index in [4.69, 9.17) is 0 Å². The highest BCUT2D eigenvalue weighted by Gasteiger charge is 2.06. The van der Waals surface area contributed by atoms with E-state index >= 15 is 0 Å². The summed E-state index contributed by atoms with van der Waals surface area (Å²) in [6, 6.07) is 15.4. The lowest BCUT2D eigenvalue weighted by Gasteiger charge is -2.09. The van der Waals surface area contributed by atoms with E-state index in [9.17, 15) is 9.59 Å². The second kappa shape index (κ2) is 7.08. The van der Waals surface area contributed by atoms with Crippen LogP contribution in [-0.2, 0) is 17.9 Å². The number of nitrogens with zero attached hydrogens (tertiary/aromatic N) is 2. The Hall–Kier alpha value is -2.95. The largest absolute Gasteiger partial charge is 0.352 e. The monoisotopic (exact) mass is 321 g/mol. The van der Waals surface area contributed by atoms with Crippen LogP contribution in [0.15, 0.2) is 59.5 Å². The molecule has 0 saturated heterocycles. The molecule has 24 heavy (non-hydrogen) atoms. The first-order valence-corrected chi connectivity index (χ1v) is 7.90. The zero-order chi connectivity index (χ0) is 16.9. The highest BCUT2D eigenvalue weighted by atomic mass is 16.1. The first-order valence-electron chi connectivity index (χ1n) is 7.90. The fraction of sp³-hybridized carbons (Fsp3) is 0.211. The lowest BCUT2D eigenvalue weighted by molar-refractivity contribution is -0.121. The summed E-state index contributed by atoms with van der Waals surface area (Å²) >= 11 is 0. The maximum atomic E-state index is 12.0. The van der Waals surface area contributed by atoms with Crippen LogP contribution in [0.4, 0.5) is 0 Å². The van der Waals surface area contributed by atoms with Crippen LogP contribution in [0.1, 0.15) is 17.5 Å². The van der Waals surface area contributed by atoms with Crippen molar-refractivity contribution < 1.29 is 4.79 Å². The van der Waals surface area contributed by atoms with Crippen LogP contribution in [0.5, 0.6) is 0 Å². The van der Waals surface area contributed by atoms with Gasteiger partial charge in [0.25, 0.3) is 0 Å². The van der Waals surface area contributed by atoms with E-state index < -0.39 is 0 Å². The number of hydrogen-bond donors (Lipinski definition) is 1. The van der Waals surface area contributed by atoms with E-state index in [1.807, 2.05) is 49.4 Å². The molecule has 0 bridgehead atoms. The van der Waals surface area contributed by atoms with Gasteiger partial charge >= 0.3 is 0 Å². The number of benzene rings is 2. The molecule has 0 aliphatic carbocycles. The number of carbonyl (C=O) groups is 1. The van der Waals surface area contributed by atoms with Gasteiger partial charge in [0.1, 0.15) is 0 Å². The van der Waals surface area contributed by atoms with Crippen LogP contribution in [0, 0.1) is 6.92 Å². The highest BCUT2D eigenvalue weighted by molar-refractivity contribution is 5.79. The number of aromatic nitrogens is 2. The van der Waals surface area contributed by atoms with Gasteiger partial charge in [0, 0.05) is 18.4 Å². The molecule has 0 unspecified atom stereocenters. The molecule has 0 atom stereocenters. The van der Waals surface area contributed by atoms with E-state index in [1.54, 1.807) is 10.7 Å². The third kappa shape index (κ3) is 3.68. The predicted molar refractivity (Wildman–Crippen MR) is 93.6 cm³/mol. The van der Waals surface area contributed by atoms with Crippen LogP contribution in [-0.4, -0.2) is 15.7 Å². The Morgan fingerprint density at radius 2 is 1.88 bits per heavy atom. The molecule has 1 heterocycles. The summed E-state index contributed by atoms with van der Waals surface area (Å²) in [5, 5.41) is 7.65. The first kappa shape index (κ1) is 15.9. The van der Waals surface area contributed by atoms with Gasteiger partial charge in [-0.1, -0.05) is 42.0 Å². The quantitative estimate of drug-likeness (QED) is 0.785. The van der Waals surface area contributed by atoms with Crippen molar-refractivity contribution in [1.82, 2.24) is 15.1 Å². The maximum Gasteiger partial charge on any atom is 0.222 e. The lowest BCUT2D eigenvalue weighted by atomic mass is 10.1. The minimum absolute atomic E-state index is 0.0415. The normalized spacial score (nSPS) is 10.7. The molecule has 122 valence electrons. The van der Waals surface area contributed by atoms with E-state index in [0.29, 0.717) is 24.9 Å². The molecule has 5 nitrogen and oxygen atoms in total. The molecule has 0 saturated carbocycles. The molecule has 1 aromatic heterocycles. The predicted octanol–water partition coefficient (Wildman–Crippen LogP) is 2.41. The molecular formula is C19H19N3O2. The number of carbonyl (C=O) groups excluding carboxylic acids is 1. The van der Waals surface area contributed by atoms with Gasteiger partial charge in [-0.25, -0.2) is 0 Å². The summed E-state index contributed by atoms with van der Waals surface area (Å²) in [6.45, 7) is 2.97.